The first-order chi connectivity index (χ1) is 7.75. The fourth-order valence-corrected chi connectivity index (χ4v) is 1.31. The fourth-order valence-electron chi connectivity index (χ4n) is 1.31. The van der Waals surface area contributed by atoms with Gasteiger partial charge >= 0.3 is 6.09 Å². The second kappa shape index (κ2) is 7.12. The third-order valence-corrected chi connectivity index (χ3v) is 2.30. The van der Waals surface area contributed by atoms with E-state index in [1.54, 1.807) is 0 Å². The number of hydrogen-bond donors (Lipinski definition) is 2. The third kappa shape index (κ3) is 4.40. The molecule has 1 saturated heterocycles. The maximum absolute atomic E-state index is 11.3. The molecule has 1 aromatic rings. The molecule has 0 spiro atoms. The van der Waals surface area contributed by atoms with Gasteiger partial charge in [-0.15, -0.1) is 0 Å². The number of carbonyl (C=O) groups is 2. The van der Waals surface area contributed by atoms with Crippen molar-refractivity contribution >= 4 is 63.4 Å². The van der Waals surface area contributed by atoms with E-state index < -0.39 is 12.1 Å². The van der Waals surface area contributed by atoms with Crippen LogP contribution in [0, 0.1) is 0 Å². The van der Waals surface area contributed by atoms with E-state index in [0.717, 1.165) is 5.56 Å². The minimum absolute atomic E-state index is 0. The topological polar surface area (TPSA) is 67.4 Å². The van der Waals surface area contributed by atoms with E-state index in [1.807, 2.05) is 30.3 Å². The largest absolute Gasteiger partial charge is 0.445 e. The van der Waals surface area contributed by atoms with E-state index in [4.69, 9.17) is 4.74 Å². The summed E-state index contributed by atoms with van der Waals surface area (Å²) >= 11 is 0. The molecule has 17 heavy (non-hydrogen) atoms. The van der Waals surface area contributed by atoms with Crippen molar-refractivity contribution in [3.05, 3.63) is 35.9 Å². The maximum atomic E-state index is 11.3. The van der Waals surface area contributed by atoms with Crippen molar-refractivity contribution in [3.63, 3.8) is 0 Å². The minimum atomic E-state index is -0.566. The van der Waals surface area contributed by atoms with E-state index in [9.17, 15) is 9.59 Å². The fraction of sp³-hybridized carbons (Fsp3) is 0.273. The summed E-state index contributed by atoms with van der Waals surface area (Å²) in [5, 5.41) is 4.99. The van der Waals surface area contributed by atoms with Gasteiger partial charge in [-0.2, -0.15) is 0 Å². The molecule has 0 unspecified atom stereocenters. The van der Waals surface area contributed by atoms with Gasteiger partial charge in [0.1, 0.15) is 12.6 Å². The summed E-state index contributed by atoms with van der Waals surface area (Å²) in [6.45, 7) is 0.681. The Balaban J connectivity index is 0.00000144. The van der Waals surface area contributed by atoms with Gasteiger partial charge in [-0.25, -0.2) is 4.79 Å². The number of carbonyl (C=O) groups excluding carboxylic acids is 2. The summed E-state index contributed by atoms with van der Waals surface area (Å²) in [5.41, 5.74) is 0.913. The second-order valence-electron chi connectivity index (χ2n) is 3.50. The first-order valence-corrected chi connectivity index (χ1v) is 5.00. The van der Waals surface area contributed by atoms with Crippen LogP contribution in [-0.4, -0.2) is 76.0 Å². The van der Waals surface area contributed by atoms with Gasteiger partial charge in [0.05, 0.1) is 0 Å². The molecule has 0 bridgehead atoms. The van der Waals surface area contributed by atoms with Crippen molar-refractivity contribution in [3.8, 4) is 0 Å². The summed E-state index contributed by atoms with van der Waals surface area (Å²) in [5.74, 6) is -0.170. The zero-order valence-electron chi connectivity index (χ0n) is 9.60. The van der Waals surface area contributed by atoms with Crippen molar-refractivity contribution in [2.45, 2.75) is 12.6 Å². The van der Waals surface area contributed by atoms with Crippen LogP contribution in [0.4, 0.5) is 4.79 Å². The molecule has 1 radical (unpaired) electrons. The molecule has 1 aromatic carbocycles. The normalized spacial score (nSPS) is 17.2. The monoisotopic (exact) mass is 259 g/mol. The Kier molecular flexibility index (Phi) is 6.14. The van der Waals surface area contributed by atoms with Crippen molar-refractivity contribution in [1.82, 2.24) is 10.6 Å². The predicted octanol–water partition coefficient (Wildman–Crippen LogP) is 0.0304. The Morgan fingerprint density at radius 1 is 1.41 bits per heavy atom. The van der Waals surface area contributed by atoms with Crippen LogP contribution in [0.25, 0.3) is 0 Å². The van der Waals surface area contributed by atoms with Crippen LogP contribution in [0.5, 0.6) is 0 Å². The standard InChI is InChI=1S/C11H12N2O3.K/c14-10-9(6-12-10)13-11(15)16-7-8-4-2-1-3-5-8;/h1-5,9H,6-7H2,(H,12,14)(H,13,15);/t9-;/m0./s1. The summed E-state index contributed by atoms with van der Waals surface area (Å²) in [6.07, 6.45) is -0.566. The zero-order valence-corrected chi connectivity index (χ0v) is 12.7. The SMILES string of the molecule is O=C(N[C@H]1CNC1=O)OCc1ccccc1.[K]. The van der Waals surface area contributed by atoms with E-state index in [0.29, 0.717) is 6.54 Å². The molecule has 1 atom stereocenters. The number of ether oxygens (including phenoxy) is 1. The number of rotatable bonds is 3. The van der Waals surface area contributed by atoms with E-state index in [2.05, 4.69) is 10.6 Å². The molecular formula is C11H12KN2O3. The first kappa shape index (κ1) is 14.7. The summed E-state index contributed by atoms with van der Waals surface area (Å²) in [4.78, 5) is 22.1. The molecule has 2 N–H and O–H groups in total. The van der Waals surface area contributed by atoms with Gasteiger partial charge in [-0.1, -0.05) is 30.3 Å². The van der Waals surface area contributed by atoms with Crippen LogP contribution >= 0.6 is 0 Å². The molecule has 1 heterocycles. The number of nitrogens with one attached hydrogen (secondary N) is 2. The molecule has 85 valence electrons. The van der Waals surface area contributed by atoms with Crippen molar-refractivity contribution in [2.24, 2.45) is 0 Å². The quantitative estimate of drug-likeness (QED) is 0.594. The number of alkyl carbamates (subject to hydrolysis) is 1. The van der Waals surface area contributed by atoms with E-state index in [-0.39, 0.29) is 63.9 Å². The van der Waals surface area contributed by atoms with Gasteiger partial charge in [0.15, 0.2) is 0 Å². The summed E-state index contributed by atoms with van der Waals surface area (Å²) in [6, 6.07) is 8.92. The molecule has 2 rings (SSSR count). The van der Waals surface area contributed by atoms with Crippen molar-refractivity contribution in [1.29, 1.82) is 0 Å². The average molecular weight is 259 g/mol. The molecule has 0 aliphatic carbocycles. The van der Waals surface area contributed by atoms with Gasteiger partial charge in [0, 0.05) is 57.9 Å². The Morgan fingerprint density at radius 3 is 2.65 bits per heavy atom. The van der Waals surface area contributed by atoms with Crippen LogP contribution in [0.2, 0.25) is 0 Å². The molecule has 1 aliphatic rings. The van der Waals surface area contributed by atoms with Gasteiger partial charge < -0.3 is 15.4 Å². The first-order valence-electron chi connectivity index (χ1n) is 5.00. The van der Waals surface area contributed by atoms with Gasteiger partial charge in [-0.3, -0.25) is 4.79 Å². The minimum Gasteiger partial charge on any atom is -0.445 e. The van der Waals surface area contributed by atoms with Crippen molar-refractivity contribution in [2.75, 3.05) is 6.54 Å². The molecule has 2 amide bonds. The van der Waals surface area contributed by atoms with Crippen molar-refractivity contribution < 1.29 is 14.3 Å². The molecule has 0 aromatic heterocycles. The van der Waals surface area contributed by atoms with Gasteiger partial charge in [0.2, 0.25) is 5.91 Å². The summed E-state index contributed by atoms with van der Waals surface area (Å²) in [7, 11) is 0. The number of β-lactam (4-membered cyclic amide) rings is 1. The van der Waals surface area contributed by atoms with Crippen LogP contribution in [0.3, 0.4) is 0 Å². The van der Waals surface area contributed by atoms with Gasteiger partial charge in [0.25, 0.3) is 0 Å². The molecule has 0 saturated carbocycles. The predicted molar refractivity (Wildman–Crippen MR) is 62.3 cm³/mol. The van der Waals surface area contributed by atoms with E-state index in [1.165, 1.54) is 0 Å². The molecule has 6 heteroatoms. The Bertz CT molecular complexity index is 397. The van der Waals surface area contributed by atoms with Crippen LogP contribution in [-0.2, 0) is 16.1 Å². The number of hydrogen-bond acceptors (Lipinski definition) is 3. The smallest absolute Gasteiger partial charge is 0.408 e. The molecule has 1 aliphatic heterocycles. The van der Waals surface area contributed by atoms with Crippen LogP contribution in [0.1, 0.15) is 5.56 Å². The maximum Gasteiger partial charge on any atom is 0.408 e. The zero-order chi connectivity index (χ0) is 11.4. The Hall–Kier alpha value is -0.404. The number of benzene rings is 1. The Morgan fingerprint density at radius 2 is 2.12 bits per heavy atom. The molecular weight excluding hydrogens is 247 g/mol. The summed E-state index contributed by atoms with van der Waals surface area (Å²) < 4.78 is 4.95. The van der Waals surface area contributed by atoms with E-state index >= 15 is 0 Å². The third-order valence-electron chi connectivity index (χ3n) is 2.30. The number of amides is 2. The van der Waals surface area contributed by atoms with Crippen LogP contribution in [0.15, 0.2) is 30.3 Å². The second-order valence-corrected chi connectivity index (χ2v) is 3.50. The van der Waals surface area contributed by atoms with Gasteiger partial charge in [-0.05, 0) is 5.56 Å². The van der Waals surface area contributed by atoms with Crippen LogP contribution < -0.4 is 10.6 Å². The average Bonchev–Trinajstić information content (AvgIpc) is 2.33. The molecule has 1 fully saturated rings. The molecule has 5 nitrogen and oxygen atoms in total. The Labute approximate surface area is 142 Å².